The number of hydrogen-bond donors (Lipinski definition) is 3. The lowest BCUT2D eigenvalue weighted by molar-refractivity contribution is -0.143. The highest BCUT2D eigenvalue weighted by molar-refractivity contribution is 7.09. The first-order valence-corrected chi connectivity index (χ1v) is 12.6. The molecule has 0 aliphatic heterocycles. The first-order valence-electron chi connectivity index (χ1n) is 11.9. The molecule has 0 spiro atoms. The van der Waals surface area contributed by atoms with Crippen LogP contribution in [0.3, 0.4) is 0 Å². The highest BCUT2D eigenvalue weighted by atomic mass is 32.1. The van der Waals surface area contributed by atoms with E-state index in [-0.39, 0.29) is 51.4 Å². The van der Waals surface area contributed by atoms with E-state index in [0.717, 1.165) is 4.90 Å². The summed E-state index contributed by atoms with van der Waals surface area (Å²) in [7, 11) is 4.20. The monoisotopic (exact) mass is 571 g/mol. The second-order valence-electron chi connectivity index (χ2n) is 7.99. The zero-order valence-corrected chi connectivity index (χ0v) is 23.1. The van der Waals surface area contributed by atoms with Gasteiger partial charge in [0.1, 0.15) is 23.2 Å². The molecule has 3 aromatic rings. The van der Waals surface area contributed by atoms with Crippen molar-refractivity contribution in [2.24, 2.45) is 5.73 Å². The lowest BCUT2D eigenvalue weighted by atomic mass is 10.0. The number of nitrogens with zero attached hydrogens (tertiary/aromatic N) is 2. The number of nitrogens with one attached hydrogen (secondary N) is 1. The number of para-hydroxylation sites is 3. The molecule has 0 saturated carbocycles. The number of hydrogen-bond acceptors (Lipinski definition) is 11. The van der Waals surface area contributed by atoms with Crippen LogP contribution in [0.1, 0.15) is 38.7 Å². The molecule has 40 heavy (non-hydrogen) atoms. The van der Waals surface area contributed by atoms with Crippen LogP contribution < -0.4 is 35.9 Å². The van der Waals surface area contributed by atoms with E-state index in [1.54, 1.807) is 49.4 Å². The van der Waals surface area contributed by atoms with Crippen molar-refractivity contribution in [3.05, 3.63) is 58.6 Å². The number of methoxy groups -OCH3 is 3. The average molecular weight is 572 g/mol. The summed E-state index contributed by atoms with van der Waals surface area (Å²) in [6, 6.07) is 9.79. The summed E-state index contributed by atoms with van der Waals surface area (Å²) in [6.07, 6.45) is 0. The summed E-state index contributed by atoms with van der Waals surface area (Å²) < 4.78 is 25.4. The van der Waals surface area contributed by atoms with Crippen molar-refractivity contribution in [2.45, 2.75) is 13.0 Å². The van der Waals surface area contributed by atoms with Gasteiger partial charge >= 0.3 is 5.97 Å². The first kappa shape index (κ1) is 29.7. The molecule has 2 aromatic carbocycles. The highest BCUT2D eigenvalue weighted by Gasteiger charge is 2.39. The number of esters is 1. The van der Waals surface area contributed by atoms with Gasteiger partial charge in [0.15, 0.2) is 17.2 Å². The normalized spacial score (nSPS) is 11.2. The fourth-order valence-electron chi connectivity index (χ4n) is 3.93. The summed E-state index contributed by atoms with van der Waals surface area (Å²) in [5, 5.41) is 2.52. The van der Waals surface area contributed by atoms with Crippen LogP contribution >= 0.6 is 11.5 Å². The standard InChI is InChI=1S/C26H29N5O8S/c1-5-39-18(32)13-29-25(34)21(14-9-8-12-17(37-3)22(14)38-4)31(15-10-6-7-11-16(15)36-2)26(35)23-19(27)20(24(28)33)30-40-23/h6-12,21H,5,13,27H2,1-4H3,(H2,28,33)(H,29,34)/t21-/m1/s1. The number of carbonyl (C=O) groups excluding carboxylic acids is 4. The third-order valence-electron chi connectivity index (χ3n) is 5.67. The minimum Gasteiger partial charge on any atom is -0.495 e. The lowest BCUT2D eigenvalue weighted by Gasteiger charge is -2.33. The molecule has 0 aliphatic carbocycles. The molecule has 1 atom stereocenters. The molecule has 1 heterocycles. The van der Waals surface area contributed by atoms with Crippen LogP contribution in [0.25, 0.3) is 0 Å². The summed E-state index contributed by atoms with van der Waals surface area (Å²) in [5.41, 5.74) is 11.3. The fourth-order valence-corrected chi connectivity index (χ4v) is 4.67. The quantitative estimate of drug-likeness (QED) is 0.271. The molecule has 0 saturated heterocycles. The average Bonchev–Trinajstić information content (AvgIpc) is 3.35. The number of amides is 3. The van der Waals surface area contributed by atoms with Gasteiger partial charge in [-0.05, 0) is 36.7 Å². The van der Waals surface area contributed by atoms with Gasteiger partial charge in [-0.15, -0.1) is 0 Å². The van der Waals surface area contributed by atoms with E-state index in [0.29, 0.717) is 11.5 Å². The van der Waals surface area contributed by atoms with Crippen LogP contribution in [0.15, 0.2) is 42.5 Å². The van der Waals surface area contributed by atoms with Gasteiger partial charge in [-0.1, -0.05) is 24.3 Å². The predicted molar refractivity (Wildman–Crippen MR) is 147 cm³/mol. The molecule has 3 rings (SSSR count). The molecule has 0 unspecified atom stereocenters. The van der Waals surface area contributed by atoms with Crippen molar-refractivity contribution in [1.82, 2.24) is 9.69 Å². The molecular formula is C26H29N5O8S. The summed E-state index contributed by atoms with van der Waals surface area (Å²) in [6.45, 7) is 1.27. The Balaban J connectivity index is 2.31. The molecule has 14 heteroatoms. The maximum Gasteiger partial charge on any atom is 0.325 e. The number of rotatable bonds is 12. The first-order chi connectivity index (χ1) is 19.2. The summed E-state index contributed by atoms with van der Waals surface area (Å²) >= 11 is 0.646. The van der Waals surface area contributed by atoms with E-state index < -0.39 is 36.3 Å². The molecule has 0 radical (unpaired) electrons. The maximum absolute atomic E-state index is 14.2. The Morgan fingerprint density at radius 1 is 1.00 bits per heavy atom. The largest absolute Gasteiger partial charge is 0.495 e. The number of nitrogens with two attached hydrogens (primary N) is 2. The Morgan fingerprint density at radius 2 is 1.68 bits per heavy atom. The number of aromatic nitrogens is 1. The second kappa shape index (κ2) is 13.3. The Bertz CT molecular complexity index is 1410. The Kier molecular flexibility index (Phi) is 9.86. The van der Waals surface area contributed by atoms with Crippen molar-refractivity contribution in [2.75, 3.05) is 45.1 Å². The van der Waals surface area contributed by atoms with Gasteiger partial charge < -0.3 is 35.7 Å². The number of ether oxygens (including phenoxy) is 4. The van der Waals surface area contributed by atoms with Crippen molar-refractivity contribution in [1.29, 1.82) is 0 Å². The Morgan fingerprint density at radius 3 is 2.27 bits per heavy atom. The van der Waals surface area contributed by atoms with Gasteiger partial charge in [-0.3, -0.25) is 24.1 Å². The fraction of sp³-hybridized carbons (Fsp3) is 0.269. The van der Waals surface area contributed by atoms with E-state index >= 15 is 0 Å². The third-order valence-corrected chi connectivity index (χ3v) is 6.52. The molecule has 13 nitrogen and oxygen atoms in total. The Labute approximate surface area is 234 Å². The number of anilines is 2. The summed E-state index contributed by atoms with van der Waals surface area (Å²) in [4.78, 5) is 53.0. The number of nitrogen functional groups attached to an aromatic ring is 1. The van der Waals surface area contributed by atoms with E-state index in [4.69, 9.17) is 30.4 Å². The van der Waals surface area contributed by atoms with Crippen molar-refractivity contribution in [3.63, 3.8) is 0 Å². The minimum atomic E-state index is -1.47. The van der Waals surface area contributed by atoms with Gasteiger partial charge in [-0.2, -0.15) is 4.37 Å². The zero-order valence-electron chi connectivity index (χ0n) is 22.3. The van der Waals surface area contributed by atoms with Crippen LogP contribution in [-0.4, -0.2) is 62.5 Å². The van der Waals surface area contributed by atoms with E-state index in [1.807, 2.05) is 0 Å². The van der Waals surface area contributed by atoms with Gasteiger partial charge in [-0.25, -0.2) is 0 Å². The predicted octanol–water partition coefficient (Wildman–Crippen LogP) is 1.92. The van der Waals surface area contributed by atoms with Crippen LogP contribution in [0, 0.1) is 0 Å². The van der Waals surface area contributed by atoms with Gasteiger partial charge in [0.2, 0.25) is 5.91 Å². The van der Waals surface area contributed by atoms with Crippen LogP contribution in [0.4, 0.5) is 11.4 Å². The van der Waals surface area contributed by atoms with Crippen molar-refractivity contribution < 1.29 is 38.1 Å². The molecule has 1 aromatic heterocycles. The molecular weight excluding hydrogens is 542 g/mol. The van der Waals surface area contributed by atoms with Crippen molar-refractivity contribution >= 4 is 46.6 Å². The highest BCUT2D eigenvalue weighted by Crippen LogP contribution is 2.42. The molecule has 212 valence electrons. The molecule has 0 bridgehead atoms. The summed E-state index contributed by atoms with van der Waals surface area (Å²) in [5.74, 6) is -2.49. The SMILES string of the molecule is CCOC(=O)CNC(=O)[C@@H](c1cccc(OC)c1OC)N(C(=O)c1snc(C(N)=O)c1N)c1ccccc1OC. The van der Waals surface area contributed by atoms with Gasteiger partial charge in [0.05, 0.1) is 39.3 Å². The van der Waals surface area contributed by atoms with E-state index in [9.17, 15) is 19.2 Å². The molecule has 0 fully saturated rings. The molecule has 0 aliphatic rings. The number of primary amides is 1. The topological polar surface area (TPSA) is 185 Å². The molecule has 5 N–H and O–H groups in total. The van der Waals surface area contributed by atoms with E-state index in [1.165, 1.54) is 21.3 Å². The van der Waals surface area contributed by atoms with Crippen molar-refractivity contribution in [3.8, 4) is 17.2 Å². The number of carbonyl (C=O) groups is 4. The number of benzene rings is 2. The van der Waals surface area contributed by atoms with Crippen LogP contribution in [0.2, 0.25) is 0 Å². The third kappa shape index (κ3) is 6.07. The lowest BCUT2D eigenvalue weighted by Crippen LogP contribution is -2.45. The zero-order chi connectivity index (χ0) is 29.4. The van der Waals surface area contributed by atoms with Crippen LogP contribution in [0.5, 0.6) is 17.2 Å². The molecule has 3 amide bonds. The van der Waals surface area contributed by atoms with Gasteiger partial charge in [0, 0.05) is 5.56 Å². The smallest absolute Gasteiger partial charge is 0.325 e. The second-order valence-corrected chi connectivity index (χ2v) is 8.77. The van der Waals surface area contributed by atoms with E-state index in [2.05, 4.69) is 9.69 Å². The maximum atomic E-state index is 14.2. The minimum absolute atomic E-state index is 0.112. The Hall–Kier alpha value is -4.85. The van der Waals surface area contributed by atoms with Crippen LogP contribution in [-0.2, 0) is 14.3 Å². The van der Waals surface area contributed by atoms with Gasteiger partial charge in [0.25, 0.3) is 11.8 Å².